The van der Waals surface area contributed by atoms with Crippen LogP contribution >= 0.6 is 0 Å². The van der Waals surface area contributed by atoms with Gasteiger partial charge in [0.25, 0.3) is 0 Å². The molecule has 1 aliphatic heterocycles. The van der Waals surface area contributed by atoms with E-state index in [4.69, 9.17) is 10.3 Å². The Labute approximate surface area is 145 Å². The molecular weight excluding hydrogens is 324 g/mol. The van der Waals surface area contributed by atoms with E-state index >= 15 is 0 Å². The van der Waals surface area contributed by atoms with Crippen molar-refractivity contribution in [1.82, 2.24) is 24.9 Å². The van der Waals surface area contributed by atoms with E-state index in [2.05, 4.69) is 20.0 Å². The van der Waals surface area contributed by atoms with Crippen molar-refractivity contribution in [2.75, 3.05) is 31.9 Å². The highest BCUT2D eigenvalue weighted by molar-refractivity contribution is 5.70. The molecule has 3 N–H and O–H groups in total. The normalized spacial score (nSPS) is 19.6. The number of carbonyl (C=O) groups is 1. The van der Waals surface area contributed by atoms with Crippen LogP contribution in [0.3, 0.4) is 0 Å². The fraction of sp³-hybridized carbons (Fsp3) is 0.500. The number of anilines is 1. The second-order valence-electron chi connectivity index (χ2n) is 6.29. The summed E-state index contributed by atoms with van der Waals surface area (Å²) in [6.45, 7) is 5.13. The monoisotopic (exact) mass is 346 g/mol. The van der Waals surface area contributed by atoms with Gasteiger partial charge in [-0.15, -0.1) is 0 Å². The molecule has 0 radical (unpaired) electrons. The maximum Gasteiger partial charge on any atom is 0.309 e. The average Bonchev–Trinajstić information content (AvgIpc) is 2.86. The summed E-state index contributed by atoms with van der Waals surface area (Å²) in [6, 6.07) is 3.75. The lowest BCUT2D eigenvalue weighted by atomic mass is 10.1. The van der Waals surface area contributed by atoms with Crippen LogP contribution < -0.4 is 5.73 Å². The highest BCUT2D eigenvalue weighted by Gasteiger charge is 2.28. The van der Waals surface area contributed by atoms with Crippen molar-refractivity contribution in [3.8, 4) is 0 Å². The Kier molecular flexibility index (Phi) is 5.25. The fourth-order valence-electron chi connectivity index (χ4n) is 3.01. The first-order valence-electron chi connectivity index (χ1n) is 8.17. The number of pyridine rings is 1. The van der Waals surface area contributed by atoms with E-state index in [1.165, 1.54) is 0 Å². The Morgan fingerprint density at radius 3 is 2.68 bits per heavy atom. The predicted octanol–water partition coefficient (Wildman–Crippen LogP) is 0.374. The zero-order valence-electron chi connectivity index (χ0n) is 14.1. The summed E-state index contributed by atoms with van der Waals surface area (Å²) in [6.07, 6.45) is 1.65. The Bertz CT molecular complexity index is 734. The quantitative estimate of drug-likeness (QED) is 0.790. The largest absolute Gasteiger partial charge is 0.481 e. The third-order valence-electron chi connectivity index (χ3n) is 4.29. The van der Waals surface area contributed by atoms with Crippen molar-refractivity contribution < 1.29 is 14.4 Å². The minimum atomic E-state index is -0.808. The molecule has 1 atom stereocenters. The van der Waals surface area contributed by atoms with Crippen LogP contribution in [0.2, 0.25) is 0 Å². The number of aryl methyl sites for hydroxylation is 1. The second kappa shape index (κ2) is 7.58. The minimum Gasteiger partial charge on any atom is -0.481 e. The summed E-state index contributed by atoms with van der Waals surface area (Å²) in [7, 11) is 0. The van der Waals surface area contributed by atoms with Crippen LogP contribution in [-0.4, -0.2) is 62.2 Å². The molecule has 2 aromatic heterocycles. The summed E-state index contributed by atoms with van der Waals surface area (Å²) in [4.78, 5) is 24.1. The molecule has 0 unspecified atom stereocenters. The van der Waals surface area contributed by atoms with Crippen LogP contribution in [0, 0.1) is 12.8 Å². The summed E-state index contributed by atoms with van der Waals surface area (Å²) >= 11 is 0. The maximum atomic E-state index is 11.6. The molecule has 0 bridgehead atoms. The highest BCUT2D eigenvalue weighted by atomic mass is 16.5. The van der Waals surface area contributed by atoms with E-state index in [-0.39, 0.29) is 0 Å². The number of hydrogen-bond donors (Lipinski definition) is 2. The number of hydrogen-bond acceptors (Lipinski definition) is 8. The van der Waals surface area contributed by atoms with Gasteiger partial charge >= 0.3 is 5.97 Å². The molecular formula is C16H22N6O3. The molecule has 2 aromatic rings. The van der Waals surface area contributed by atoms with Crippen LogP contribution in [0.15, 0.2) is 22.9 Å². The van der Waals surface area contributed by atoms with Gasteiger partial charge in [-0.25, -0.2) is 4.98 Å². The van der Waals surface area contributed by atoms with Crippen LogP contribution in [0.1, 0.15) is 17.3 Å². The molecule has 1 saturated heterocycles. The van der Waals surface area contributed by atoms with E-state index < -0.39 is 11.9 Å². The summed E-state index contributed by atoms with van der Waals surface area (Å²) in [5.41, 5.74) is 6.82. The van der Waals surface area contributed by atoms with Crippen LogP contribution in [0.4, 0.5) is 5.82 Å². The van der Waals surface area contributed by atoms with Gasteiger partial charge in [-0.1, -0.05) is 11.2 Å². The number of aromatic nitrogens is 3. The molecule has 9 nitrogen and oxygen atoms in total. The number of nitrogens with zero attached hydrogens (tertiary/aromatic N) is 5. The van der Waals surface area contributed by atoms with Gasteiger partial charge in [0.1, 0.15) is 5.82 Å². The van der Waals surface area contributed by atoms with Crippen molar-refractivity contribution >= 4 is 11.8 Å². The number of carboxylic acids is 1. The maximum absolute atomic E-state index is 11.6. The summed E-state index contributed by atoms with van der Waals surface area (Å²) in [5, 5.41) is 13.3. The first kappa shape index (κ1) is 17.3. The van der Waals surface area contributed by atoms with Crippen molar-refractivity contribution in [3.63, 3.8) is 0 Å². The average molecular weight is 346 g/mol. The zero-order chi connectivity index (χ0) is 17.8. The number of nitrogens with two attached hydrogens (primary N) is 1. The first-order chi connectivity index (χ1) is 12.0. The van der Waals surface area contributed by atoms with Gasteiger partial charge in [0.2, 0.25) is 5.89 Å². The SMILES string of the molecule is Cc1noc(CN2CCN(Cc3cccnc3N)C[C@@H](C(=O)O)C2)n1. The lowest BCUT2D eigenvalue weighted by Gasteiger charge is -2.22. The number of nitrogen functional groups attached to an aromatic ring is 1. The molecule has 0 aromatic carbocycles. The van der Waals surface area contributed by atoms with Gasteiger partial charge in [-0.3, -0.25) is 14.6 Å². The molecule has 25 heavy (non-hydrogen) atoms. The topological polar surface area (TPSA) is 122 Å². The fourth-order valence-corrected chi connectivity index (χ4v) is 3.01. The molecule has 9 heteroatoms. The third kappa shape index (κ3) is 4.52. The molecule has 0 spiro atoms. The molecule has 1 fully saturated rings. The third-order valence-corrected chi connectivity index (χ3v) is 4.29. The summed E-state index contributed by atoms with van der Waals surface area (Å²) in [5.74, 6) is 0.263. The predicted molar refractivity (Wildman–Crippen MR) is 89.4 cm³/mol. The molecule has 0 saturated carbocycles. The molecule has 1 aliphatic rings. The van der Waals surface area contributed by atoms with Crippen LogP contribution in [-0.2, 0) is 17.9 Å². The second-order valence-corrected chi connectivity index (χ2v) is 6.29. The number of rotatable bonds is 5. The van der Waals surface area contributed by atoms with E-state index in [1.54, 1.807) is 13.1 Å². The van der Waals surface area contributed by atoms with Crippen LogP contribution in [0.25, 0.3) is 0 Å². The van der Waals surface area contributed by atoms with E-state index in [0.29, 0.717) is 50.3 Å². The van der Waals surface area contributed by atoms with E-state index in [1.807, 2.05) is 17.0 Å². The van der Waals surface area contributed by atoms with Gasteiger partial charge in [0.05, 0.1) is 12.5 Å². The lowest BCUT2D eigenvalue weighted by Crippen LogP contribution is -2.34. The van der Waals surface area contributed by atoms with Crippen LogP contribution in [0.5, 0.6) is 0 Å². The highest BCUT2D eigenvalue weighted by Crippen LogP contribution is 2.17. The van der Waals surface area contributed by atoms with Gasteiger partial charge < -0.3 is 15.4 Å². The Morgan fingerprint density at radius 1 is 1.36 bits per heavy atom. The number of carboxylic acid groups (broad SMARTS) is 1. The zero-order valence-corrected chi connectivity index (χ0v) is 14.1. The van der Waals surface area contributed by atoms with Crippen molar-refractivity contribution in [2.45, 2.75) is 20.0 Å². The standard InChI is InChI=1S/C16H22N6O3/c1-11-19-14(25-20-11)10-22-6-5-21(8-13(9-22)16(23)24)7-12-3-2-4-18-15(12)17/h2-4,13H,5-10H2,1H3,(H2,17,18)(H,23,24)/t13-/m1/s1. The van der Waals surface area contributed by atoms with Crippen molar-refractivity contribution in [1.29, 1.82) is 0 Å². The van der Waals surface area contributed by atoms with E-state index in [9.17, 15) is 9.90 Å². The smallest absolute Gasteiger partial charge is 0.309 e. The Hall–Kier alpha value is -2.52. The van der Waals surface area contributed by atoms with E-state index in [0.717, 1.165) is 12.1 Å². The van der Waals surface area contributed by atoms with Crippen molar-refractivity contribution in [2.24, 2.45) is 5.92 Å². The molecule has 134 valence electrons. The number of aliphatic carboxylic acids is 1. The Morgan fingerprint density at radius 2 is 2.08 bits per heavy atom. The van der Waals surface area contributed by atoms with Gasteiger partial charge in [0, 0.05) is 44.5 Å². The van der Waals surface area contributed by atoms with Gasteiger partial charge in [-0.05, 0) is 13.0 Å². The van der Waals surface area contributed by atoms with Crippen molar-refractivity contribution in [3.05, 3.63) is 35.6 Å². The molecule has 3 heterocycles. The molecule has 3 rings (SSSR count). The lowest BCUT2D eigenvalue weighted by molar-refractivity contribution is -0.142. The Balaban J connectivity index is 1.69. The molecule has 0 amide bonds. The first-order valence-corrected chi connectivity index (χ1v) is 8.17. The van der Waals surface area contributed by atoms with Gasteiger partial charge in [0.15, 0.2) is 5.82 Å². The minimum absolute atomic E-state index is 0.440. The molecule has 0 aliphatic carbocycles. The summed E-state index contributed by atoms with van der Waals surface area (Å²) < 4.78 is 5.15. The van der Waals surface area contributed by atoms with Gasteiger partial charge in [-0.2, -0.15) is 4.98 Å².